The lowest BCUT2D eigenvalue weighted by Gasteiger charge is -2.13. The average molecular weight is 383 g/mol. The second-order valence-electron chi connectivity index (χ2n) is 6.43. The Morgan fingerprint density at radius 3 is 2.43 bits per heavy atom. The number of hydrogen-bond acceptors (Lipinski definition) is 4. The fourth-order valence-corrected chi connectivity index (χ4v) is 2.49. The van der Waals surface area contributed by atoms with E-state index in [1.165, 1.54) is 0 Å². The average Bonchev–Trinajstić information content (AvgIpc) is 2.72. The highest BCUT2D eigenvalue weighted by Crippen LogP contribution is 2.23. The molecule has 28 heavy (non-hydrogen) atoms. The van der Waals surface area contributed by atoms with Crippen LogP contribution in [-0.4, -0.2) is 31.5 Å². The van der Waals surface area contributed by atoms with Crippen molar-refractivity contribution in [2.24, 2.45) is 0 Å². The van der Waals surface area contributed by atoms with Gasteiger partial charge in [-0.05, 0) is 49.2 Å². The molecule has 0 heterocycles. The van der Waals surface area contributed by atoms with Gasteiger partial charge in [0.05, 0.1) is 18.8 Å². The van der Waals surface area contributed by atoms with Crippen LogP contribution in [-0.2, 0) is 4.79 Å². The molecule has 2 aromatic rings. The molecule has 2 rings (SSSR count). The normalized spacial score (nSPS) is 10.2. The molecule has 0 aliphatic heterocycles. The number of unbranched alkanes of at least 4 members (excludes halogenated alkanes) is 1. The Hall–Kier alpha value is -3.02. The number of hydrogen-bond donors (Lipinski definition) is 3. The molecule has 0 aliphatic rings. The summed E-state index contributed by atoms with van der Waals surface area (Å²) in [5.74, 6) is 0.457. The van der Waals surface area contributed by atoms with Crippen LogP contribution >= 0.6 is 0 Å². The van der Waals surface area contributed by atoms with E-state index in [-0.39, 0.29) is 18.4 Å². The molecule has 0 atom stereocenters. The van der Waals surface area contributed by atoms with E-state index in [1.807, 2.05) is 31.2 Å². The van der Waals surface area contributed by atoms with E-state index < -0.39 is 0 Å². The minimum Gasteiger partial charge on any atom is -0.491 e. The Bertz CT molecular complexity index is 760. The molecule has 6 heteroatoms. The van der Waals surface area contributed by atoms with Gasteiger partial charge in [-0.15, -0.1) is 0 Å². The highest BCUT2D eigenvalue weighted by Gasteiger charge is 2.08. The van der Waals surface area contributed by atoms with Crippen LogP contribution < -0.4 is 20.7 Å². The predicted molar refractivity (Wildman–Crippen MR) is 113 cm³/mol. The maximum absolute atomic E-state index is 12.2. The zero-order chi connectivity index (χ0) is 20.2. The zero-order valence-electron chi connectivity index (χ0n) is 16.6. The summed E-state index contributed by atoms with van der Waals surface area (Å²) in [6, 6.07) is 14.4. The molecule has 2 aromatic carbocycles. The zero-order valence-corrected chi connectivity index (χ0v) is 16.6. The molecular formula is C22H29N3O3. The van der Waals surface area contributed by atoms with Gasteiger partial charge in [-0.2, -0.15) is 0 Å². The minimum atomic E-state index is -0.174. The van der Waals surface area contributed by atoms with Gasteiger partial charge < -0.3 is 20.7 Å². The number of nitrogens with one attached hydrogen (secondary N) is 3. The Kier molecular flexibility index (Phi) is 8.85. The summed E-state index contributed by atoms with van der Waals surface area (Å²) in [5, 5.41) is 8.75. The first kappa shape index (κ1) is 21.3. The van der Waals surface area contributed by atoms with Crippen LogP contribution in [0.25, 0.3) is 0 Å². The molecule has 0 saturated heterocycles. The summed E-state index contributed by atoms with van der Waals surface area (Å²) < 4.78 is 5.76. The van der Waals surface area contributed by atoms with Gasteiger partial charge in [0.15, 0.2) is 0 Å². The molecule has 0 radical (unpaired) electrons. The number of carbonyl (C=O) groups excluding carboxylic acids is 2. The number of para-hydroxylation sites is 2. The van der Waals surface area contributed by atoms with Crippen LogP contribution in [0.4, 0.5) is 11.4 Å². The number of anilines is 2. The highest BCUT2D eigenvalue weighted by molar-refractivity contribution is 5.96. The van der Waals surface area contributed by atoms with Crippen molar-refractivity contribution in [3.63, 3.8) is 0 Å². The standard InChI is InChI=1S/C22H29N3O3/c1-3-5-15-28-20-9-7-6-8-19(20)24-16-21(26)25-18-12-10-17(11-13-18)22(27)23-14-4-2/h6-13,24H,3-5,14-16H2,1-2H3,(H,23,27)(H,25,26). The van der Waals surface area contributed by atoms with Crippen LogP contribution in [0.3, 0.4) is 0 Å². The van der Waals surface area contributed by atoms with Crippen molar-refractivity contribution in [1.82, 2.24) is 5.32 Å². The second kappa shape index (κ2) is 11.6. The highest BCUT2D eigenvalue weighted by atomic mass is 16.5. The Morgan fingerprint density at radius 2 is 1.71 bits per heavy atom. The third-order valence-electron chi connectivity index (χ3n) is 4.05. The van der Waals surface area contributed by atoms with Crippen LogP contribution in [0.15, 0.2) is 48.5 Å². The van der Waals surface area contributed by atoms with E-state index in [4.69, 9.17) is 4.74 Å². The van der Waals surface area contributed by atoms with Gasteiger partial charge in [0.25, 0.3) is 5.91 Å². The van der Waals surface area contributed by atoms with Gasteiger partial charge in [0.2, 0.25) is 5.91 Å². The van der Waals surface area contributed by atoms with Crippen LogP contribution in [0, 0.1) is 0 Å². The Labute approximate surface area is 166 Å². The molecule has 3 N–H and O–H groups in total. The molecular weight excluding hydrogens is 354 g/mol. The molecule has 0 aliphatic carbocycles. The molecule has 0 saturated carbocycles. The van der Waals surface area contributed by atoms with Crippen molar-refractivity contribution in [2.45, 2.75) is 33.1 Å². The van der Waals surface area contributed by atoms with Crippen LogP contribution in [0.5, 0.6) is 5.75 Å². The first-order valence-electron chi connectivity index (χ1n) is 9.77. The van der Waals surface area contributed by atoms with Gasteiger partial charge in [-0.1, -0.05) is 32.4 Å². The largest absolute Gasteiger partial charge is 0.491 e. The van der Waals surface area contributed by atoms with Gasteiger partial charge in [-0.3, -0.25) is 9.59 Å². The number of ether oxygens (including phenoxy) is 1. The van der Waals surface area contributed by atoms with E-state index in [2.05, 4.69) is 22.9 Å². The van der Waals surface area contributed by atoms with Crippen molar-refractivity contribution < 1.29 is 14.3 Å². The van der Waals surface area contributed by atoms with E-state index in [0.29, 0.717) is 24.4 Å². The fraction of sp³-hybridized carbons (Fsp3) is 0.364. The maximum Gasteiger partial charge on any atom is 0.251 e. The van der Waals surface area contributed by atoms with Crippen LogP contribution in [0.1, 0.15) is 43.5 Å². The quantitative estimate of drug-likeness (QED) is 0.511. The van der Waals surface area contributed by atoms with E-state index in [9.17, 15) is 9.59 Å². The monoisotopic (exact) mass is 383 g/mol. The van der Waals surface area contributed by atoms with Gasteiger partial charge in [0.1, 0.15) is 5.75 Å². The molecule has 6 nitrogen and oxygen atoms in total. The summed E-state index contributed by atoms with van der Waals surface area (Å²) in [6.45, 7) is 5.53. The number of rotatable bonds is 11. The molecule has 2 amide bonds. The van der Waals surface area contributed by atoms with E-state index in [1.54, 1.807) is 24.3 Å². The summed E-state index contributed by atoms with van der Waals surface area (Å²) >= 11 is 0. The topological polar surface area (TPSA) is 79.5 Å². The first-order valence-corrected chi connectivity index (χ1v) is 9.77. The predicted octanol–water partition coefficient (Wildman–Crippen LogP) is 4.06. The van der Waals surface area contributed by atoms with Crippen molar-refractivity contribution in [3.8, 4) is 5.75 Å². The number of carbonyl (C=O) groups is 2. The number of benzene rings is 2. The summed E-state index contributed by atoms with van der Waals surface area (Å²) in [5.41, 5.74) is 2.01. The molecule has 0 aromatic heterocycles. The summed E-state index contributed by atoms with van der Waals surface area (Å²) in [7, 11) is 0. The van der Waals surface area contributed by atoms with Crippen molar-refractivity contribution in [2.75, 3.05) is 30.3 Å². The lowest BCUT2D eigenvalue weighted by molar-refractivity contribution is -0.114. The minimum absolute atomic E-state index is 0.110. The molecule has 0 fully saturated rings. The fourth-order valence-electron chi connectivity index (χ4n) is 2.49. The lowest BCUT2D eigenvalue weighted by atomic mass is 10.2. The SMILES string of the molecule is CCCCOc1ccccc1NCC(=O)Nc1ccc(C(=O)NCCC)cc1. The van der Waals surface area contributed by atoms with Crippen molar-refractivity contribution >= 4 is 23.2 Å². The lowest BCUT2D eigenvalue weighted by Crippen LogP contribution is -2.24. The molecule has 0 unspecified atom stereocenters. The van der Waals surface area contributed by atoms with E-state index >= 15 is 0 Å². The molecule has 0 bridgehead atoms. The van der Waals surface area contributed by atoms with Crippen LogP contribution in [0.2, 0.25) is 0 Å². The number of amides is 2. The smallest absolute Gasteiger partial charge is 0.251 e. The third kappa shape index (κ3) is 6.95. The van der Waals surface area contributed by atoms with Gasteiger partial charge in [0, 0.05) is 17.8 Å². The first-order chi connectivity index (χ1) is 13.6. The third-order valence-corrected chi connectivity index (χ3v) is 4.05. The molecule has 150 valence electrons. The van der Waals surface area contributed by atoms with Gasteiger partial charge in [-0.25, -0.2) is 0 Å². The van der Waals surface area contributed by atoms with Gasteiger partial charge >= 0.3 is 0 Å². The Morgan fingerprint density at radius 1 is 0.964 bits per heavy atom. The molecule has 0 spiro atoms. The summed E-state index contributed by atoms with van der Waals surface area (Å²) in [6.07, 6.45) is 2.94. The second-order valence-corrected chi connectivity index (χ2v) is 6.43. The van der Waals surface area contributed by atoms with E-state index in [0.717, 1.165) is 30.7 Å². The van der Waals surface area contributed by atoms with Crippen molar-refractivity contribution in [1.29, 1.82) is 0 Å². The maximum atomic E-state index is 12.2. The van der Waals surface area contributed by atoms with Crippen molar-refractivity contribution in [3.05, 3.63) is 54.1 Å². The Balaban J connectivity index is 1.85. The summed E-state index contributed by atoms with van der Waals surface area (Å²) in [4.78, 5) is 24.1.